The molecule has 1 atom stereocenters. The summed E-state index contributed by atoms with van der Waals surface area (Å²) in [5, 5.41) is 3.01. The monoisotopic (exact) mass is 538 g/mol. The van der Waals surface area contributed by atoms with Gasteiger partial charge in [-0.1, -0.05) is 18.2 Å². The summed E-state index contributed by atoms with van der Waals surface area (Å²) in [4.78, 5) is 52.0. The van der Waals surface area contributed by atoms with Gasteiger partial charge < -0.3 is 19.5 Å². The van der Waals surface area contributed by atoms with Gasteiger partial charge in [0.25, 0.3) is 5.91 Å². The van der Waals surface area contributed by atoms with Crippen LogP contribution in [0.1, 0.15) is 73.5 Å². The number of carbonyl (C=O) groups excluding carboxylic acids is 4. The Kier molecular flexibility index (Phi) is 9.04. The second kappa shape index (κ2) is 11.9. The van der Waals surface area contributed by atoms with Gasteiger partial charge in [0.05, 0.1) is 7.11 Å². The van der Waals surface area contributed by atoms with Crippen LogP contribution >= 0.6 is 0 Å². The third kappa shape index (κ3) is 7.16. The number of carbonyl (C=O) groups is 4. The van der Waals surface area contributed by atoms with E-state index in [4.69, 9.17) is 14.2 Å². The van der Waals surface area contributed by atoms with Crippen molar-refractivity contribution < 1.29 is 33.4 Å². The molecule has 2 aromatic carbocycles. The van der Waals surface area contributed by atoms with Crippen molar-refractivity contribution in [1.82, 2.24) is 4.90 Å². The lowest BCUT2D eigenvalue weighted by molar-refractivity contribution is -0.140. The van der Waals surface area contributed by atoms with E-state index in [1.54, 1.807) is 33.8 Å². The quantitative estimate of drug-likeness (QED) is 0.402. The van der Waals surface area contributed by atoms with Crippen LogP contribution in [0.3, 0.4) is 0 Å². The van der Waals surface area contributed by atoms with E-state index < -0.39 is 29.6 Å². The molecule has 1 unspecified atom stereocenters. The number of esters is 2. The Morgan fingerprint density at radius 1 is 1.05 bits per heavy atom. The van der Waals surface area contributed by atoms with Gasteiger partial charge in [0.2, 0.25) is 0 Å². The number of nitrogens with one attached hydrogen (secondary N) is 1. The highest BCUT2D eigenvalue weighted by molar-refractivity contribution is 5.98. The number of aryl methyl sites for hydroxylation is 2. The summed E-state index contributed by atoms with van der Waals surface area (Å²) in [5.41, 5.74) is 4.50. The zero-order chi connectivity index (χ0) is 29.1. The van der Waals surface area contributed by atoms with Crippen LogP contribution in [-0.4, -0.2) is 48.1 Å². The van der Waals surface area contributed by atoms with Crippen molar-refractivity contribution >= 4 is 29.6 Å². The van der Waals surface area contributed by atoms with Crippen LogP contribution in [0.4, 0.5) is 10.5 Å². The Labute approximate surface area is 229 Å². The van der Waals surface area contributed by atoms with Crippen LogP contribution in [0.5, 0.6) is 5.75 Å². The predicted octanol–water partition coefficient (Wildman–Crippen LogP) is 5.12. The van der Waals surface area contributed by atoms with E-state index in [1.807, 2.05) is 32.0 Å². The van der Waals surface area contributed by atoms with E-state index in [1.165, 1.54) is 18.9 Å². The fourth-order valence-corrected chi connectivity index (χ4v) is 4.66. The molecule has 2 aromatic rings. The molecular formula is C30H38N2O7. The maximum absolute atomic E-state index is 14.0. The summed E-state index contributed by atoms with van der Waals surface area (Å²) in [7, 11) is 1.35. The summed E-state index contributed by atoms with van der Waals surface area (Å²) >= 11 is 0. The number of hydrogen-bond acceptors (Lipinski definition) is 7. The minimum atomic E-state index is -0.949. The minimum absolute atomic E-state index is 0.203. The van der Waals surface area contributed by atoms with E-state index in [0.717, 1.165) is 22.3 Å². The van der Waals surface area contributed by atoms with Gasteiger partial charge in [-0.2, -0.15) is 0 Å². The second-order valence-corrected chi connectivity index (χ2v) is 10.8. The molecule has 1 aliphatic rings. The van der Waals surface area contributed by atoms with Crippen molar-refractivity contribution in [3.05, 3.63) is 57.6 Å². The number of amides is 2. The van der Waals surface area contributed by atoms with Crippen LogP contribution in [0.2, 0.25) is 0 Å². The molecule has 0 spiro atoms. The van der Waals surface area contributed by atoms with E-state index >= 15 is 0 Å². The van der Waals surface area contributed by atoms with Crippen molar-refractivity contribution in [1.29, 1.82) is 0 Å². The van der Waals surface area contributed by atoms with Crippen molar-refractivity contribution in [2.45, 2.75) is 79.4 Å². The minimum Gasteiger partial charge on any atom is -0.469 e. The van der Waals surface area contributed by atoms with Gasteiger partial charge in [-0.15, -0.1) is 0 Å². The fourth-order valence-electron chi connectivity index (χ4n) is 4.66. The van der Waals surface area contributed by atoms with Crippen molar-refractivity contribution in [3.8, 4) is 5.75 Å². The Bertz CT molecular complexity index is 1290. The number of nitrogens with zero attached hydrogens (tertiary/aromatic N) is 1. The van der Waals surface area contributed by atoms with E-state index in [9.17, 15) is 19.2 Å². The van der Waals surface area contributed by atoms with Crippen molar-refractivity contribution in [2.24, 2.45) is 0 Å². The molecule has 1 aliphatic heterocycles. The summed E-state index contributed by atoms with van der Waals surface area (Å²) in [5.74, 6) is -0.677. The topological polar surface area (TPSA) is 111 Å². The molecule has 9 nitrogen and oxygen atoms in total. The summed E-state index contributed by atoms with van der Waals surface area (Å²) in [6.45, 7) is 12.5. The largest absolute Gasteiger partial charge is 0.469 e. The zero-order valence-electron chi connectivity index (χ0n) is 24.0. The second-order valence-electron chi connectivity index (χ2n) is 10.8. The maximum Gasteiger partial charge on any atom is 0.411 e. The Morgan fingerprint density at radius 2 is 1.74 bits per heavy atom. The van der Waals surface area contributed by atoms with Gasteiger partial charge in [0.1, 0.15) is 17.4 Å². The Morgan fingerprint density at radius 3 is 2.36 bits per heavy atom. The first-order valence-electron chi connectivity index (χ1n) is 13.0. The highest BCUT2D eigenvalue weighted by Gasteiger charge is 2.38. The van der Waals surface area contributed by atoms with Crippen LogP contribution in [0, 0.1) is 20.8 Å². The molecule has 1 heterocycles. The molecular weight excluding hydrogens is 500 g/mol. The molecule has 0 aliphatic carbocycles. The van der Waals surface area contributed by atoms with Gasteiger partial charge in [0, 0.05) is 25.6 Å². The highest BCUT2D eigenvalue weighted by atomic mass is 16.6. The maximum atomic E-state index is 14.0. The third-order valence-corrected chi connectivity index (χ3v) is 6.69. The molecule has 39 heavy (non-hydrogen) atoms. The number of fused-ring (bicyclic) bond motifs is 1. The number of benzene rings is 2. The lowest BCUT2D eigenvalue weighted by Gasteiger charge is -2.37. The Hall–Kier alpha value is -3.88. The molecule has 3 rings (SSSR count). The zero-order valence-corrected chi connectivity index (χ0v) is 24.0. The first-order chi connectivity index (χ1) is 18.2. The highest BCUT2D eigenvalue weighted by Crippen LogP contribution is 2.36. The molecule has 0 radical (unpaired) electrons. The summed E-state index contributed by atoms with van der Waals surface area (Å²) in [6, 6.07) is 6.57. The average molecular weight is 539 g/mol. The lowest BCUT2D eigenvalue weighted by atomic mass is 9.89. The number of anilines is 1. The number of methoxy groups -OCH3 is 1. The Balaban J connectivity index is 2.02. The van der Waals surface area contributed by atoms with E-state index in [2.05, 4.69) is 5.32 Å². The number of hydrogen-bond donors (Lipinski definition) is 1. The van der Waals surface area contributed by atoms with Crippen molar-refractivity contribution in [3.63, 3.8) is 0 Å². The van der Waals surface area contributed by atoms with Crippen LogP contribution in [-0.2, 0) is 36.7 Å². The summed E-state index contributed by atoms with van der Waals surface area (Å²) < 4.78 is 15.8. The van der Waals surface area contributed by atoms with E-state index in [-0.39, 0.29) is 12.4 Å². The fraction of sp³-hybridized carbons (Fsp3) is 0.467. The summed E-state index contributed by atoms with van der Waals surface area (Å²) in [6.07, 6.45) is 0.622. The predicted molar refractivity (Wildman–Crippen MR) is 147 cm³/mol. The normalized spacial score (nSPS) is 14.8. The molecule has 9 heteroatoms. The molecule has 0 saturated heterocycles. The molecule has 210 valence electrons. The van der Waals surface area contributed by atoms with Gasteiger partial charge in [-0.05, 0) is 93.8 Å². The molecule has 0 fully saturated rings. The molecule has 0 aromatic heterocycles. The van der Waals surface area contributed by atoms with E-state index in [0.29, 0.717) is 42.0 Å². The van der Waals surface area contributed by atoms with Gasteiger partial charge in [-0.3, -0.25) is 19.3 Å². The van der Waals surface area contributed by atoms with Crippen LogP contribution in [0.15, 0.2) is 24.3 Å². The smallest absolute Gasteiger partial charge is 0.411 e. The van der Waals surface area contributed by atoms with Gasteiger partial charge in [-0.25, -0.2) is 4.79 Å². The first kappa shape index (κ1) is 29.7. The molecule has 0 saturated carbocycles. The lowest BCUT2D eigenvalue weighted by Crippen LogP contribution is -2.47. The first-order valence-corrected chi connectivity index (χ1v) is 13.0. The average Bonchev–Trinajstić information content (AvgIpc) is 2.86. The standard InChI is InChI=1S/C30H38N2O7/c1-17-15-24(18(2)19(3)27(17)38-20(4)33)31-28(35)26-23-16-21(10-12-25(34)37-8)9-11-22(23)13-14-32(26)29(36)39-30(5,6)7/h9,11,15-16,26H,10,12-14H2,1-8H3,(H,31,35). The van der Waals surface area contributed by atoms with Crippen LogP contribution < -0.4 is 10.1 Å². The SMILES string of the molecule is COC(=O)CCc1ccc2c(c1)C(C(=O)Nc1cc(C)c(OC(C)=O)c(C)c1C)N(C(=O)OC(C)(C)C)CC2. The molecule has 2 amide bonds. The number of rotatable bonds is 6. The molecule has 1 N–H and O–H groups in total. The van der Waals surface area contributed by atoms with Gasteiger partial charge in [0.15, 0.2) is 0 Å². The van der Waals surface area contributed by atoms with Crippen LogP contribution in [0.25, 0.3) is 0 Å². The number of ether oxygens (including phenoxy) is 3. The molecule has 0 bridgehead atoms. The third-order valence-electron chi connectivity index (χ3n) is 6.69. The van der Waals surface area contributed by atoms with Crippen molar-refractivity contribution in [2.75, 3.05) is 19.0 Å². The van der Waals surface area contributed by atoms with Gasteiger partial charge >= 0.3 is 18.0 Å².